The Kier molecular flexibility index (Phi) is 3.57. The zero-order valence-corrected chi connectivity index (χ0v) is 8.53. The molecule has 0 aliphatic heterocycles. The van der Waals surface area contributed by atoms with Crippen molar-refractivity contribution in [3.8, 4) is 0 Å². The Morgan fingerprint density at radius 3 is 2.12 bits per heavy atom. The topological polar surface area (TPSA) is 37.3 Å². The number of halogens is 3. The molecule has 1 N–H and O–H groups in total. The molecule has 0 aliphatic carbocycles. The van der Waals surface area contributed by atoms with Crippen LogP contribution in [0.4, 0.5) is 13.2 Å². The molecule has 0 saturated heterocycles. The highest BCUT2D eigenvalue weighted by molar-refractivity contribution is 5.71. The molecule has 88 valence electrons. The molecule has 0 radical (unpaired) electrons. The van der Waals surface area contributed by atoms with Crippen LogP contribution in [0.25, 0.3) is 0 Å². The molecule has 1 aromatic carbocycles. The number of rotatable bonds is 3. The van der Waals surface area contributed by atoms with Crippen LogP contribution in [0.3, 0.4) is 0 Å². The van der Waals surface area contributed by atoms with E-state index in [1.807, 2.05) is 0 Å². The third-order valence-electron chi connectivity index (χ3n) is 2.40. The smallest absolute Gasteiger partial charge is 0.396 e. The molecule has 0 aromatic heterocycles. The fourth-order valence-corrected chi connectivity index (χ4v) is 1.56. The van der Waals surface area contributed by atoms with Crippen molar-refractivity contribution in [3.05, 3.63) is 35.9 Å². The van der Waals surface area contributed by atoms with Crippen LogP contribution in [0.5, 0.6) is 0 Å². The average Bonchev–Trinajstić information content (AvgIpc) is 2.17. The van der Waals surface area contributed by atoms with Crippen LogP contribution in [0.1, 0.15) is 18.4 Å². The van der Waals surface area contributed by atoms with Crippen LogP contribution < -0.4 is 0 Å². The maximum absolute atomic E-state index is 12.8. The first kappa shape index (κ1) is 12.5. The second-order valence-corrected chi connectivity index (χ2v) is 3.56. The molecule has 0 fully saturated rings. The number of hydrogen-bond acceptors (Lipinski definition) is 1. The standard InChI is InChI=1S/C11H11F3O2/c1-7(10(15)16)9(11(12,13)14)8-5-3-2-4-6-8/h2-7,9H,1H3,(H,15,16)/t7-,9?/m0/s1. The quantitative estimate of drug-likeness (QED) is 0.869. The molecule has 0 spiro atoms. The lowest BCUT2D eigenvalue weighted by molar-refractivity contribution is -0.173. The van der Waals surface area contributed by atoms with Gasteiger partial charge in [0, 0.05) is 0 Å². The molecule has 0 saturated carbocycles. The Morgan fingerprint density at radius 1 is 1.25 bits per heavy atom. The summed E-state index contributed by atoms with van der Waals surface area (Å²) < 4.78 is 38.3. The van der Waals surface area contributed by atoms with E-state index in [0.717, 1.165) is 6.92 Å². The van der Waals surface area contributed by atoms with E-state index in [2.05, 4.69) is 0 Å². The molecule has 5 heteroatoms. The second-order valence-electron chi connectivity index (χ2n) is 3.56. The van der Waals surface area contributed by atoms with Gasteiger partial charge >= 0.3 is 12.1 Å². The van der Waals surface area contributed by atoms with Gasteiger partial charge in [-0.3, -0.25) is 4.79 Å². The lowest BCUT2D eigenvalue weighted by atomic mass is 9.87. The summed E-state index contributed by atoms with van der Waals surface area (Å²) in [5.41, 5.74) is -0.0232. The fraction of sp³-hybridized carbons (Fsp3) is 0.364. The fourth-order valence-electron chi connectivity index (χ4n) is 1.56. The van der Waals surface area contributed by atoms with Crippen molar-refractivity contribution < 1.29 is 23.1 Å². The summed E-state index contributed by atoms with van der Waals surface area (Å²) in [5.74, 6) is -4.92. The largest absolute Gasteiger partial charge is 0.481 e. The summed E-state index contributed by atoms with van der Waals surface area (Å²) in [6.45, 7) is 1.06. The molecular weight excluding hydrogens is 221 g/mol. The van der Waals surface area contributed by atoms with E-state index in [0.29, 0.717) is 0 Å². The van der Waals surface area contributed by atoms with E-state index in [-0.39, 0.29) is 5.56 Å². The number of carboxylic acids is 1. The highest BCUT2D eigenvalue weighted by Gasteiger charge is 2.46. The van der Waals surface area contributed by atoms with E-state index in [4.69, 9.17) is 5.11 Å². The van der Waals surface area contributed by atoms with Crippen molar-refractivity contribution in [2.75, 3.05) is 0 Å². The van der Waals surface area contributed by atoms with Gasteiger partial charge in [-0.05, 0) is 5.56 Å². The zero-order chi connectivity index (χ0) is 12.3. The molecule has 0 amide bonds. The molecule has 0 heterocycles. The first-order valence-corrected chi connectivity index (χ1v) is 4.68. The van der Waals surface area contributed by atoms with Crippen LogP contribution in [0.2, 0.25) is 0 Å². The predicted molar refractivity (Wildman–Crippen MR) is 52.0 cm³/mol. The summed E-state index contributed by atoms with van der Waals surface area (Å²) in [4.78, 5) is 10.7. The second kappa shape index (κ2) is 4.55. The van der Waals surface area contributed by atoms with E-state index in [1.165, 1.54) is 24.3 Å². The van der Waals surface area contributed by atoms with Crippen LogP contribution in [-0.2, 0) is 4.79 Å². The summed E-state index contributed by atoms with van der Waals surface area (Å²) in [6.07, 6.45) is -4.56. The highest BCUT2D eigenvalue weighted by Crippen LogP contribution is 2.40. The lowest BCUT2D eigenvalue weighted by Crippen LogP contribution is -2.31. The van der Waals surface area contributed by atoms with Crippen molar-refractivity contribution in [1.29, 1.82) is 0 Å². The van der Waals surface area contributed by atoms with E-state index in [1.54, 1.807) is 6.07 Å². The lowest BCUT2D eigenvalue weighted by Gasteiger charge is -2.24. The van der Waals surface area contributed by atoms with Gasteiger partial charge in [-0.1, -0.05) is 37.3 Å². The van der Waals surface area contributed by atoms with Crippen molar-refractivity contribution in [2.24, 2.45) is 5.92 Å². The molecule has 0 bridgehead atoms. The van der Waals surface area contributed by atoms with Gasteiger partial charge in [-0.25, -0.2) is 0 Å². The Labute approximate surface area is 90.7 Å². The SMILES string of the molecule is C[C@H](C(=O)O)C(c1ccccc1)C(F)(F)F. The number of carbonyl (C=O) groups is 1. The van der Waals surface area contributed by atoms with Crippen molar-refractivity contribution in [3.63, 3.8) is 0 Å². The summed E-state index contributed by atoms with van der Waals surface area (Å²) in [6, 6.07) is 7.09. The summed E-state index contributed by atoms with van der Waals surface area (Å²) >= 11 is 0. The Hall–Kier alpha value is -1.52. The van der Waals surface area contributed by atoms with Crippen LogP contribution >= 0.6 is 0 Å². The van der Waals surface area contributed by atoms with Crippen molar-refractivity contribution in [2.45, 2.75) is 19.0 Å². The maximum atomic E-state index is 12.8. The van der Waals surface area contributed by atoms with Crippen LogP contribution in [0, 0.1) is 5.92 Å². The first-order valence-electron chi connectivity index (χ1n) is 4.68. The van der Waals surface area contributed by atoms with Gasteiger partial charge in [-0.2, -0.15) is 13.2 Å². The predicted octanol–water partition coefficient (Wildman–Crippen LogP) is 3.05. The monoisotopic (exact) mass is 232 g/mol. The highest BCUT2D eigenvalue weighted by atomic mass is 19.4. The van der Waals surface area contributed by atoms with Gasteiger partial charge in [-0.15, -0.1) is 0 Å². The van der Waals surface area contributed by atoms with Gasteiger partial charge < -0.3 is 5.11 Å². The van der Waals surface area contributed by atoms with E-state index in [9.17, 15) is 18.0 Å². The van der Waals surface area contributed by atoms with E-state index < -0.39 is 24.0 Å². The normalized spacial score (nSPS) is 15.5. The summed E-state index contributed by atoms with van der Waals surface area (Å²) in [5, 5.41) is 8.68. The molecule has 1 unspecified atom stereocenters. The molecule has 2 atom stereocenters. The minimum absolute atomic E-state index is 0.0232. The van der Waals surface area contributed by atoms with Gasteiger partial charge in [0.05, 0.1) is 11.8 Å². The first-order chi connectivity index (χ1) is 7.34. The number of alkyl halides is 3. The molecule has 2 nitrogen and oxygen atoms in total. The molecule has 16 heavy (non-hydrogen) atoms. The number of hydrogen-bond donors (Lipinski definition) is 1. The Balaban J connectivity index is 3.12. The third kappa shape index (κ3) is 2.74. The zero-order valence-electron chi connectivity index (χ0n) is 8.53. The van der Waals surface area contributed by atoms with Crippen molar-refractivity contribution >= 4 is 5.97 Å². The Morgan fingerprint density at radius 2 is 1.75 bits per heavy atom. The summed E-state index contributed by atoms with van der Waals surface area (Å²) in [7, 11) is 0. The molecule has 0 aliphatic rings. The maximum Gasteiger partial charge on any atom is 0.396 e. The van der Waals surface area contributed by atoms with Crippen LogP contribution in [-0.4, -0.2) is 17.3 Å². The van der Waals surface area contributed by atoms with Gasteiger partial charge in [0.25, 0.3) is 0 Å². The van der Waals surface area contributed by atoms with Gasteiger partial charge in [0.15, 0.2) is 0 Å². The van der Waals surface area contributed by atoms with Crippen molar-refractivity contribution in [1.82, 2.24) is 0 Å². The number of aliphatic carboxylic acids is 1. The number of benzene rings is 1. The molecule has 1 aromatic rings. The minimum atomic E-state index is -4.56. The average molecular weight is 232 g/mol. The minimum Gasteiger partial charge on any atom is -0.481 e. The third-order valence-corrected chi connectivity index (χ3v) is 2.40. The van der Waals surface area contributed by atoms with Gasteiger partial charge in [0.1, 0.15) is 0 Å². The Bertz CT molecular complexity index is 359. The van der Waals surface area contributed by atoms with Crippen LogP contribution in [0.15, 0.2) is 30.3 Å². The van der Waals surface area contributed by atoms with Gasteiger partial charge in [0.2, 0.25) is 0 Å². The molecule has 1 rings (SSSR count). The molecular formula is C11H11F3O2. The number of carboxylic acid groups (broad SMARTS) is 1. The van der Waals surface area contributed by atoms with E-state index >= 15 is 0 Å².